The summed E-state index contributed by atoms with van der Waals surface area (Å²) in [4.78, 5) is 24.2. The number of carbonyl (C=O) groups is 2. The fourth-order valence-electron chi connectivity index (χ4n) is 3.33. The van der Waals surface area contributed by atoms with Crippen LogP contribution in [0.25, 0.3) is 0 Å². The molecule has 4 nitrogen and oxygen atoms in total. The number of carbonyl (C=O) groups excluding carboxylic acids is 2. The maximum Gasteiger partial charge on any atom is 0.338 e. The van der Waals surface area contributed by atoms with Crippen molar-refractivity contribution in [3.63, 3.8) is 0 Å². The third-order valence-corrected chi connectivity index (χ3v) is 5.10. The highest BCUT2D eigenvalue weighted by Gasteiger charge is 2.37. The molecule has 0 radical (unpaired) electrons. The van der Waals surface area contributed by atoms with E-state index in [1.165, 1.54) is 6.08 Å². The Balaban J connectivity index is 2.12. The van der Waals surface area contributed by atoms with Gasteiger partial charge >= 0.3 is 11.9 Å². The molecule has 0 aliphatic heterocycles. The largest absolute Gasteiger partial charge is 0.456 e. The van der Waals surface area contributed by atoms with Crippen molar-refractivity contribution < 1.29 is 19.1 Å². The number of benzene rings is 1. The minimum atomic E-state index is -0.660. The minimum absolute atomic E-state index is 0.0621. The molecule has 0 saturated heterocycles. The fourth-order valence-corrected chi connectivity index (χ4v) is 3.33. The minimum Gasteiger partial charge on any atom is -0.456 e. The molecule has 26 heavy (non-hydrogen) atoms. The van der Waals surface area contributed by atoms with Crippen molar-refractivity contribution in [1.29, 1.82) is 0 Å². The van der Waals surface area contributed by atoms with Crippen LogP contribution >= 0.6 is 0 Å². The molecule has 0 spiro atoms. The first-order valence-corrected chi connectivity index (χ1v) is 8.94. The SMILES string of the molecule is C=CC(=O)OC(C)(C)C1CC=C(C)C(OC(=O)c2ccc(C)cc2C)C1. The molecule has 1 aliphatic rings. The van der Waals surface area contributed by atoms with Crippen LogP contribution in [0.15, 0.2) is 42.5 Å². The molecule has 2 atom stereocenters. The van der Waals surface area contributed by atoms with E-state index >= 15 is 0 Å². The number of allylic oxidation sites excluding steroid dienone is 1. The quantitative estimate of drug-likeness (QED) is 0.436. The molecule has 2 rings (SSSR count). The van der Waals surface area contributed by atoms with Crippen molar-refractivity contribution in [1.82, 2.24) is 0 Å². The van der Waals surface area contributed by atoms with E-state index in [0.717, 1.165) is 23.1 Å². The third kappa shape index (κ3) is 4.63. The molecule has 0 heterocycles. The van der Waals surface area contributed by atoms with Crippen LogP contribution in [0.4, 0.5) is 0 Å². The van der Waals surface area contributed by atoms with Crippen LogP contribution in [0, 0.1) is 19.8 Å². The van der Waals surface area contributed by atoms with Crippen LogP contribution in [0.5, 0.6) is 0 Å². The van der Waals surface area contributed by atoms with Crippen LogP contribution in [0.1, 0.15) is 55.1 Å². The first-order valence-electron chi connectivity index (χ1n) is 8.94. The predicted molar refractivity (Wildman–Crippen MR) is 102 cm³/mol. The number of hydrogen-bond donors (Lipinski definition) is 0. The molecular weight excluding hydrogens is 328 g/mol. The van der Waals surface area contributed by atoms with Gasteiger partial charge in [0.15, 0.2) is 0 Å². The molecule has 1 aliphatic carbocycles. The van der Waals surface area contributed by atoms with Crippen molar-refractivity contribution in [3.05, 3.63) is 59.2 Å². The monoisotopic (exact) mass is 356 g/mol. The lowest BCUT2D eigenvalue weighted by Gasteiger charge is -2.38. The van der Waals surface area contributed by atoms with E-state index in [1.807, 2.05) is 52.8 Å². The average Bonchev–Trinajstić information content (AvgIpc) is 2.56. The summed E-state index contributed by atoms with van der Waals surface area (Å²) in [7, 11) is 0. The maximum atomic E-state index is 12.6. The van der Waals surface area contributed by atoms with Gasteiger partial charge < -0.3 is 9.47 Å². The van der Waals surface area contributed by atoms with Crippen LogP contribution in [0.2, 0.25) is 0 Å². The molecule has 140 valence electrons. The van der Waals surface area contributed by atoms with Gasteiger partial charge in [-0.15, -0.1) is 0 Å². The zero-order valence-electron chi connectivity index (χ0n) is 16.3. The Morgan fingerprint density at radius 1 is 1.23 bits per heavy atom. The van der Waals surface area contributed by atoms with Crippen molar-refractivity contribution >= 4 is 11.9 Å². The molecule has 2 unspecified atom stereocenters. The topological polar surface area (TPSA) is 52.6 Å². The van der Waals surface area contributed by atoms with Gasteiger partial charge in [0.1, 0.15) is 11.7 Å². The molecular formula is C22H28O4. The Morgan fingerprint density at radius 3 is 2.54 bits per heavy atom. The first kappa shape index (κ1) is 20.0. The molecule has 0 fully saturated rings. The van der Waals surface area contributed by atoms with Crippen molar-refractivity contribution in [2.24, 2.45) is 5.92 Å². The molecule has 0 saturated carbocycles. The van der Waals surface area contributed by atoms with E-state index in [4.69, 9.17) is 9.47 Å². The van der Waals surface area contributed by atoms with Crippen LogP contribution in [-0.2, 0) is 14.3 Å². The van der Waals surface area contributed by atoms with Crippen molar-refractivity contribution in [2.75, 3.05) is 0 Å². The van der Waals surface area contributed by atoms with Crippen molar-refractivity contribution in [2.45, 2.75) is 59.2 Å². The summed E-state index contributed by atoms with van der Waals surface area (Å²) in [5.74, 6) is -0.695. The van der Waals surface area contributed by atoms with E-state index in [2.05, 4.69) is 12.7 Å². The zero-order valence-corrected chi connectivity index (χ0v) is 16.3. The van der Waals surface area contributed by atoms with Gasteiger partial charge in [0.2, 0.25) is 0 Å². The molecule has 0 bridgehead atoms. The second-order valence-corrected chi connectivity index (χ2v) is 7.56. The van der Waals surface area contributed by atoms with Crippen molar-refractivity contribution in [3.8, 4) is 0 Å². The lowest BCUT2D eigenvalue weighted by molar-refractivity contribution is -0.156. The van der Waals surface area contributed by atoms with E-state index < -0.39 is 11.6 Å². The fraction of sp³-hybridized carbons (Fsp3) is 0.455. The van der Waals surface area contributed by atoms with Gasteiger partial charge in [0.05, 0.1) is 5.56 Å². The second-order valence-electron chi connectivity index (χ2n) is 7.56. The highest BCUT2D eigenvalue weighted by Crippen LogP contribution is 2.36. The van der Waals surface area contributed by atoms with Gasteiger partial charge in [-0.3, -0.25) is 0 Å². The maximum absolute atomic E-state index is 12.6. The summed E-state index contributed by atoms with van der Waals surface area (Å²) >= 11 is 0. The Morgan fingerprint density at radius 2 is 1.92 bits per heavy atom. The lowest BCUT2D eigenvalue weighted by atomic mass is 9.78. The lowest BCUT2D eigenvalue weighted by Crippen LogP contribution is -2.40. The number of ether oxygens (including phenoxy) is 2. The van der Waals surface area contributed by atoms with Gasteiger partial charge in [-0.05, 0) is 64.7 Å². The van der Waals surface area contributed by atoms with E-state index in [0.29, 0.717) is 12.0 Å². The predicted octanol–water partition coefficient (Wildman–Crippen LogP) is 4.69. The molecule has 1 aromatic carbocycles. The number of rotatable bonds is 5. The molecule has 0 N–H and O–H groups in total. The third-order valence-electron chi connectivity index (χ3n) is 5.10. The Kier molecular flexibility index (Phi) is 6.06. The average molecular weight is 356 g/mol. The van der Waals surface area contributed by atoms with Crippen LogP contribution < -0.4 is 0 Å². The Labute approximate surface area is 155 Å². The highest BCUT2D eigenvalue weighted by molar-refractivity contribution is 5.91. The summed E-state index contributed by atoms with van der Waals surface area (Å²) in [6.45, 7) is 13.1. The Bertz CT molecular complexity index is 743. The number of hydrogen-bond acceptors (Lipinski definition) is 4. The molecule has 0 aromatic heterocycles. The van der Waals surface area contributed by atoms with Crippen LogP contribution in [0.3, 0.4) is 0 Å². The van der Waals surface area contributed by atoms with Gasteiger partial charge in [0, 0.05) is 12.0 Å². The summed E-state index contributed by atoms with van der Waals surface area (Å²) in [5.41, 5.74) is 2.98. The molecule has 1 aromatic rings. The van der Waals surface area contributed by atoms with Crippen LogP contribution in [-0.4, -0.2) is 23.6 Å². The zero-order chi connectivity index (χ0) is 19.5. The van der Waals surface area contributed by atoms with E-state index in [-0.39, 0.29) is 18.0 Å². The van der Waals surface area contributed by atoms with Gasteiger partial charge in [0.25, 0.3) is 0 Å². The van der Waals surface area contributed by atoms with Gasteiger partial charge in [-0.1, -0.05) is 30.4 Å². The van der Waals surface area contributed by atoms with Gasteiger partial charge in [-0.2, -0.15) is 0 Å². The number of esters is 2. The van der Waals surface area contributed by atoms with E-state index in [1.54, 1.807) is 0 Å². The van der Waals surface area contributed by atoms with E-state index in [9.17, 15) is 9.59 Å². The second kappa shape index (κ2) is 7.90. The summed E-state index contributed by atoms with van der Waals surface area (Å²) in [6.07, 6.45) is 4.32. The normalized spacial score (nSPS) is 20.1. The summed E-state index contributed by atoms with van der Waals surface area (Å²) in [6, 6.07) is 5.69. The summed E-state index contributed by atoms with van der Waals surface area (Å²) in [5, 5.41) is 0. The first-order chi connectivity index (χ1) is 12.1. The standard InChI is InChI=1S/C22H28O4/c1-7-20(23)26-22(5,6)17-10-9-15(3)19(13-17)25-21(24)18-11-8-14(2)12-16(18)4/h7-9,11-12,17,19H,1,10,13H2,2-6H3. The Hall–Kier alpha value is -2.36. The highest BCUT2D eigenvalue weighted by atomic mass is 16.6. The summed E-state index contributed by atoms with van der Waals surface area (Å²) < 4.78 is 11.3. The number of aryl methyl sites for hydroxylation is 2. The molecule has 0 amide bonds. The smallest absolute Gasteiger partial charge is 0.338 e. The molecule has 4 heteroatoms. The van der Waals surface area contributed by atoms with Gasteiger partial charge in [-0.25, -0.2) is 9.59 Å².